The van der Waals surface area contributed by atoms with Crippen molar-refractivity contribution >= 4 is 28.8 Å². The average Bonchev–Trinajstić information content (AvgIpc) is 3.27. The molecule has 1 aliphatic heterocycles. The van der Waals surface area contributed by atoms with Crippen LogP contribution in [0.15, 0.2) is 43.3 Å². The Morgan fingerprint density at radius 1 is 1.17 bits per heavy atom. The lowest BCUT2D eigenvalue weighted by Gasteiger charge is -2.34. The summed E-state index contributed by atoms with van der Waals surface area (Å²) in [4.78, 5) is 24.7. The highest BCUT2D eigenvalue weighted by Gasteiger charge is 2.19. The Morgan fingerprint density at radius 2 is 1.94 bits per heavy atom. The van der Waals surface area contributed by atoms with Crippen LogP contribution >= 0.6 is 0 Å². The van der Waals surface area contributed by atoms with Crippen LogP contribution in [-0.2, 0) is 11.3 Å². The first-order valence-electron chi connectivity index (χ1n) is 12.4. The van der Waals surface area contributed by atoms with Crippen molar-refractivity contribution in [2.24, 2.45) is 0 Å². The molecule has 8 nitrogen and oxygen atoms in total. The minimum Gasteiger partial charge on any atom is -0.383 e. The van der Waals surface area contributed by atoms with Crippen LogP contribution in [0, 0.1) is 19.3 Å². The van der Waals surface area contributed by atoms with Crippen molar-refractivity contribution in [2.75, 3.05) is 38.5 Å². The molecule has 0 radical (unpaired) electrons. The topological polar surface area (TPSA) is 93.2 Å². The zero-order valence-corrected chi connectivity index (χ0v) is 20.9. The molecule has 2 N–H and O–H groups in total. The van der Waals surface area contributed by atoms with Crippen molar-refractivity contribution in [3.05, 3.63) is 54.4 Å². The lowest BCUT2D eigenvalue weighted by Crippen LogP contribution is -2.48. The Labute approximate surface area is 212 Å². The van der Waals surface area contributed by atoms with E-state index in [0.29, 0.717) is 5.82 Å². The van der Waals surface area contributed by atoms with Crippen molar-refractivity contribution in [1.29, 1.82) is 0 Å². The number of nitrogens with two attached hydrogens (primary N) is 1. The predicted octanol–water partition coefficient (Wildman–Crippen LogP) is 3.53. The minimum atomic E-state index is 0.0248. The zero-order valence-electron chi connectivity index (χ0n) is 20.9. The van der Waals surface area contributed by atoms with E-state index in [4.69, 9.17) is 17.3 Å². The first-order valence-corrected chi connectivity index (χ1v) is 12.4. The maximum absolute atomic E-state index is 11.7. The molecule has 0 aliphatic carbocycles. The van der Waals surface area contributed by atoms with Gasteiger partial charge in [0.25, 0.3) is 0 Å². The van der Waals surface area contributed by atoms with E-state index in [1.54, 1.807) is 6.08 Å². The molecule has 1 amide bonds. The number of nitrogen functional groups attached to an aromatic ring is 1. The van der Waals surface area contributed by atoms with Gasteiger partial charge in [0.05, 0.1) is 5.39 Å². The minimum absolute atomic E-state index is 0.0248. The number of hydrogen-bond acceptors (Lipinski definition) is 6. The van der Waals surface area contributed by atoms with Gasteiger partial charge in [0, 0.05) is 38.3 Å². The Balaban J connectivity index is 1.39. The number of aryl methyl sites for hydroxylation is 2. The quantitative estimate of drug-likeness (QED) is 0.284. The molecule has 3 heterocycles. The monoisotopic (exact) mass is 483 g/mol. The van der Waals surface area contributed by atoms with E-state index in [1.807, 2.05) is 27.8 Å². The van der Waals surface area contributed by atoms with Gasteiger partial charge in [-0.05, 0) is 61.7 Å². The van der Waals surface area contributed by atoms with Crippen LogP contribution in [0.2, 0.25) is 0 Å². The van der Waals surface area contributed by atoms with Crippen LogP contribution in [0.5, 0.6) is 0 Å². The van der Waals surface area contributed by atoms with Gasteiger partial charge in [-0.25, -0.2) is 14.6 Å². The number of terminal acetylenes is 1. The van der Waals surface area contributed by atoms with E-state index in [9.17, 15) is 4.79 Å². The second kappa shape index (κ2) is 11.6. The van der Waals surface area contributed by atoms with Gasteiger partial charge in [-0.15, -0.1) is 6.42 Å². The summed E-state index contributed by atoms with van der Waals surface area (Å²) in [6.45, 7) is 10.8. The lowest BCUT2D eigenvalue weighted by atomic mass is 10.0. The number of unbranched alkanes of at least 4 members (excludes halogenated alkanes) is 2. The van der Waals surface area contributed by atoms with Crippen molar-refractivity contribution in [1.82, 2.24) is 29.5 Å². The Bertz CT molecular complexity index is 1310. The Morgan fingerprint density at radius 3 is 2.67 bits per heavy atom. The molecule has 0 saturated carbocycles. The van der Waals surface area contributed by atoms with Gasteiger partial charge in [-0.1, -0.05) is 31.1 Å². The van der Waals surface area contributed by atoms with Crippen LogP contribution < -0.4 is 5.73 Å². The van der Waals surface area contributed by atoms with Gasteiger partial charge in [-0.2, -0.15) is 5.10 Å². The number of carbonyl (C=O) groups excluding carboxylic acids is 1. The highest BCUT2D eigenvalue weighted by atomic mass is 16.2. The molecule has 0 unspecified atom stereocenters. The van der Waals surface area contributed by atoms with Crippen LogP contribution in [-0.4, -0.2) is 68.2 Å². The molecule has 0 spiro atoms. The van der Waals surface area contributed by atoms with E-state index in [0.717, 1.165) is 91.9 Å². The third-order valence-corrected chi connectivity index (χ3v) is 6.66. The maximum atomic E-state index is 11.7. The second-order valence-corrected chi connectivity index (χ2v) is 9.03. The molecule has 8 heteroatoms. The van der Waals surface area contributed by atoms with Crippen molar-refractivity contribution in [2.45, 2.75) is 32.7 Å². The van der Waals surface area contributed by atoms with Crippen LogP contribution in [0.3, 0.4) is 0 Å². The second-order valence-electron chi connectivity index (χ2n) is 9.03. The van der Waals surface area contributed by atoms with E-state index < -0.39 is 0 Å². The molecule has 2 aromatic heterocycles. The highest BCUT2D eigenvalue weighted by molar-refractivity contribution is 5.98. The van der Waals surface area contributed by atoms with Gasteiger partial charge < -0.3 is 10.6 Å². The number of hydrogen-bond donors (Lipinski definition) is 1. The standard InChI is InChI=1S/C28H33N7O/c1-4-6-10-22-11-12-23(19-21(22)3)26-25-27(29)30-20-31-28(25)35(32-26)14-9-7-8-13-33-15-17-34(18-16-33)24(36)5-2/h1,5-6,10-12,19-20H,2,7-9,13-18H2,3H3,(H2,29,30,31)/b10-6-. The number of allylic oxidation sites excluding steroid dienone is 1. The fraction of sp³-hybridized carbons (Fsp3) is 0.357. The number of amides is 1. The number of nitrogens with zero attached hydrogens (tertiary/aromatic N) is 6. The summed E-state index contributed by atoms with van der Waals surface area (Å²) in [5.74, 6) is 2.99. The number of carbonyl (C=O) groups is 1. The Hall–Kier alpha value is -3.96. The summed E-state index contributed by atoms with van der Waals surface area (Å²) in [6.07, 6.45) is 15.0. The van der Waals surface area contributed by atoms with Gasteiger partial charge in [0.1, 0.15) is 17.8 Å². The van der Waals surface area contributed by atoms with Crippen molar-refractivity contribution in [3.63, 3.8) is 0 Å². The largest absolute Gasteiger partial charge is 0.383 e. The molecule has 1 saturated heterocycles. The first kappa shape index (κ1) is 25.1. The molecular weight excluding hydrogens is 450 g/mol. The third kappa shape index (κ3) is 5.64. The van der Waals surface area contributed by atoms with Gasteiger partial charge in [-0.3, -0.25) is 9.69 Å². The summed E-state index contributed by atoms with van der Waals surface area (Å²) in [5.41, 5.74) is 11.0. The number of benzene rings is 1. The normalized spacial score (nSPS) is 14.4. The summed E-state index contributed by atoms with van der Waals surface area (Å²) >= 11 is 0. The maximum Gasteiger partial charge on any atom is 0.246 e. The summed E-state index contributed by atoms with van der Waals surface area (Å²) in [7, 11) is 0. The molecule has 3 aromatic rings. The lowest BCUT2D eigenvalue weighted by molar-refractivity contribution is -0.127. The highest BCUT2D eigenvalue weighted by Crippen LogP contribution is 2.31. The van der Waals surface area contributed by atoms with Crippen LogP contribution in [0.25, 0.3) is 28.4 Å². The molecule has 36 heavy (non-hydrogen) atoms. The smallest absolute Gasteiger partial charge is 0.246 e. The number of aromatic nitrogens is 4. The molecule has 1 aliphatic rings. The third-order valence-electron chi connectivity index (χ3n) is 6.66. The summed E-state index contributed by atoms with van der Waals surface area (Å²) in [6, 6.07) is 6.16. The zero-order chi connectivity index (χ0) is 25.5. The predicted molar refractivity (Wildman–Crippen MR) is 145 cm³/mol. The first-order chi connectivity index (χ1) is 17.5. The van der Waals surface area contributed by atoms with Crippen molar-refractivity contribution < 1.29 is 4.79 Å². The van der Waals surface area contributed by atoms with Crippen LogP contribution in [0.1, 0.15) is 30.4 Å². The molecule has 1 fully saturated rings. The number of fused-ring (bicyclic) bond motifs is 1. The molecule has 0 bridgehead atoms. The van der Waals surface area contributed by atoms with Gasteiger partial charge in [0.15, 0.2) is 5.65 Å². The molecule has 4 rings (SSSR count). The fourth-order valence-electron chi connectivity index (χ4n) is 4.63. The number of rotatable bonds is 9. The fourth-order valence-corrected chi connectivity index (χ4v) is 4.63. The Kier molecular flexibility index (Phi) is 8.13. The molecule has 0 atom stereocenters. The van der Waals surface area contributed by atoms with Gasteiger partial charge >= 0.3 is 0 Å². The summed E-state index contributed by atoms with van der Waals surface area (Å²) in [5, 5.41) is 5.69. The summed E-state index contributed by atoms with van der Waals surface area (Å²) < 4.78 is 1.95. The molecular formula is C28H33N7O. The van der Waals surface area contributed by atoms with E-state index in [1.165, 1.54) is 12.4 Å². The SMILES string of the molecule is C#C/C=C\c1ccc(-c2nn(CCCCCN3CCN(C(=O)C=C)CC3)c3ncnc(N)c23)cc1C. The van der Waals surface area contributed by atoms with E-state index in [-0.39, 0.29) is 5.91 Å². The average molecular weight is 484 g/mol. The molecule has 186 valence electrons. The van der Waals surface area contributed by atoms with Crippen molar-refractivity contribution in [3.8, 4) is 23.6 Å². The van der Waals surface area contributed by atoms with Gasteiger partial charge in [0.2, 0.25) is 5.91 Å². The van der Waals surface area contributed by atoms with Crippen LogP contribution in [0.4, 0.5) is 5.82 Å². The number of piperazine rings is 1. The number of anilines is 1. The van der Waals surface area contributed by atoms with E-state index in [2.05, 4.69) is 40.4 Å². The molecule has 1 aromatic carbocycles. The van der Waals surface area contributed by atoms with E-state index >= 15 is 0 Å².